The van der Waals surface area contributed by atoms with Crippen LogP contribution in [0.15, 0.2) is 12.2 Å². The maximum Gasteiger partial charge on any atom is 0.302 e. The van der Waals surface area contributed by atoms with Crippen LogP contribution < -0.4 is 0 Å². The van der Waals surface area contributed by atoms with Gasteiger partial charge in [-0.2, -0.15) is 0 Å². The van der Waals surface area contributed by atoms with E-state index in [1.54, 1.807) is 6.92 Å². The molecule has 0 amide bonds. The number of hydrogen-bond donors (Lipinski definition) is 0. The van der Waals surface area contributed by atoms with Gasteiger partial charge in [-0.1, -0.05) is 38.3 Å². The van der Waals surface area contributed by atoms with Crippen LogP contribution in [-0.2, 0) is 14.3 Å². The summed E-state index contributed by atoms with van der Waals surface area (Å²) in [6, 6.07) is 0. The molecule has 0 rings (SSSR count). The van der Waals surface area contributed by atoms with E-state index in [4.69, 9.17) is 4.74 Å². The molecule has 0 aromatic carbocycles. The summed E-state index contributed by atoms with van der Waals surface area (Å²) in [5.74, 6) is 0.128. The first-order chi connectivity index (χ1) is 10.6. The highest BCUT2D eigenvalue weighted by Crippen LogP contribution is 2.13. The van der Waals surface area contributed by atoms with Gasteiger partial charge in [0.15, 0.2) is 0 Å². The molecule has 0 aliphatic rings. The number of allylic oxidation sites excluding steroid dienone is 2. The Morgan fingerprint density at radius 1 is 0.909 bits per heavy atom. The molecule has 128 valence electrons. The number of esters is 1. The van der Waals surface area contributed by atoms with E-state index in [-0.39, 0.29) is 12.1 Å². The van der Waals surface area contributed by atoms with Crippen LogP contribution in [0.5, 0.6) is 0 Å². The van der Waals surface area contributed by atoms with Crippen LogP contribution in [0.1, 0.15) is 91.4 Å². The lowest BCUT2D eigenvalue weighted by Gasteiger charge is -2.16. The molecular formula is C19H34O3. The van der Waals surface area contributed by atoms with Crippen molar-refractivity contribution in [2.75, 3.05) is 0 Å². The quantitative estimate of drug-likeness (QED) is 0.246. The number of hydrogen-bond acceptors (Lipinski definition) is 3. The minimum Gasteiger partial charge on any atom is -0.463 e. The van der Waals surface area contributed by atoms with Crippen molar-refractivity contribution >= 4 is 11.8 Å². The first-order valence-corrected chi connectivity index (χ1v) is 8.88. The summed E-state index contributed by atoms with van der Waals surface area (Å²) >= 11 is 0. The molecule has 1 unspecified atom stereocenters. The van der Waals surface area contributed by atoms with Gasteiger partial charge in [-0.25, -0.2) is 0 Å². The molecule has 0 fully saturated rings. The highest BCUT2D eigenvalue weighted by Gasteiger charge is 2.10. The van der Waals surface area contributed by atoms with Gasteiger partial charge in [-0.05, 0) is 51.9 Å². The first kappa shape index (κ1) is 20.9. The van der Waals surface area contributed by atoms with E-state index in [0.717, 1.165) is 70.6 Å². The molecule has 0 saturated carbocycles. The van der Waals surface area contributed by atoms with E-state index in [2.05, 4.69) is 19.1 Å². The van der Waals surface area contributed by atoms with Crippen molar-refractivity contribution in [3.63, 3.8) is 0 Å². The Balaban J connectivity index is 3.59. The van der Waals surface area contributed by atoms with Crippen molar-refractivity contribution in [2.45, 2.75) is 97.5 Å². The summed E-state index contributed by atoms with van der Waals surface area (Å²) in [6.07, 6.45) is 16.0. The van der Waals surface area contributed by atoms with Gasteiger partial charge in [0.2, 0.25) is 0 Å². The average Bonchev–Trinajstić information content (AvgIpc) is 2.45. The van der Waals surface area contributed by atoms with Crippen LogP contribution in [-0.4, -0.2) is 17.9 Å². The fourth-order valence-electron chi connectivity index (χ4n) is 2.44. The fourth-order valence-corrected chi connectivity index (χ4v) is 2.44. The molecule has 0 bridgehead atoms. The first-order valence-electron chi connectivity index (χ1n) is 8.88. The van der Waals surface area contributed by atoms with E-state index in [1.807, 2.05) is 0 Å². The molecule has 0 aromatic rings. The number of rotatable bonds is 14. The van der Waals surface area contributed by atoms with Crippen molar-refractivity contribution in [1.82, 2.24) is 0 Å². The molecule has 0 spiro atoms. The van der Waals surface area contributed by atoms with Crippen LogP contribution in [0.4, 0.5) is 0 Å². The number of Topliss-reactive ketones (excluding diaryl/α,β-unsaturated/α-hetero) is 1. The number of unbranched alkanes of at least 4 members (excludes halogenated alkanes) is 5. The lowest BCUT2D eigenvalue weighted by molar-refractivity contribution is -0.147. The van der Waals surface area contributed by atoms with Crippen molar-refractivity contribution < 1.29 is 14.3 Å². The minimum atomic E-state index is -0.165. The predicted octanol–water partition coefficient (Wildman–Crippen LogP) is 5.37. The van der Waals surface area contributed by atoms with E-state index in [0.29, 0.717) is 5.78 Å². The minimum absolute atomic E-state index is 0.0948. The summed E-state index contributed by atoms with van der Waals surface area (Å²) in [5, 5.41) is 0. The zero-order valence-electron chi connectivity index (χ0n) is 14.7. The zero-order valence-corrected chi connectivity index (χ0v) is 14.7. The summed E-state index contributed by atoms with van der Waals surface area (Å²) < 4.78 is 5.35. The van der Waals surface area contributed by atoms with Crippen LogP contribution in [0.3, 0.4) is 0 Å². The Morgan fingerprint density at radius 2 is 1.55 bits per heavy atom. The Morgan fingerprint density at radius 3 is 2.14 bits per heavy atom. The largest absolute Gasteiger partial charge is 0.463 e. The molecule has 0 saturated heterocycles. The Hall–Kier alpha value is -1.12. The van der Waals surface area contributed by atoms with Crippen molar-refractivity contribution in [3.8, 4) is 0 Å². The van der Waals surface area contributed by atoms with Crippen molar-refractivity contribution in [3.05, 3.63) is 12.2 Å². The second-order valence-corrected chi connectivity index (χ2v) is 6.08. The second kappa shape index (κ2) is 14.8. The predicted molar refractivity (Wildman–Crippen MR) is 91.8 cm³/mol. The monoisotopic (exact) mass is 310 g/mol. The molecular weight excluding hydrogens is 276 g/mol. The number of carbonyl (C=O) groups is 2. The average molecular weight is 310 g/mol. The molecule has 3 heteroatoms. The number of carbonyl (C=O) groups excluding carboxylic acids is 2. The molecule has 0 aromatic heterocycles. The topological polar surface area (TPSA) is 43.4 Å². The number of ketones is 1. The van der Waals surface area contributed by atoms with Crippen molar-refractivity contribution in [1.29, 1.82) is 0 Å². The van der Waals surface area contributed by atoms with Gasteiger partial charge in [-0.3, -0.25) is 4.79 Å². The molecule has 0 heterocycles. The third-order valence-electron chi connectivity index (χ3n) is 3.68. The van der Waals surface area contributed by atoms with Crippen LogP contribution >= 0.6 is 0 Å². The molecule has 0 aliphatic heterocycles. The maximum absolute atomic E-state index is 11.1. The molecule has 0 radical (unpaired) electrons. The summed E-state index contributed by atoms with van der Waals surface area (Å²) in [6.45, 7) is 5.30. The van der Waals surface area contributed by atoms with Crippen LogP contribution in [0, 0.1) is 0 Å². The molecule has 22 heavy (non-hydrogen) atoms. The SMILES string of the molecule is CCCCC(CCCC=CCCCCCC(C)=O)OC(C)=O. The van der Waals surface area contributed by atoms with Gasteiger partial charge >= 0.3 is 5.97 Å². The van der Waals surface area contributed by atoms with Gasteiger partial charge in [0.1, 0.15) is 11.9 Å². The highest BCUT2D eigenvalue weighted by atomic mass is 16.5. The second-order valence-electron chi connectivity index (χ2n) is 6.08. The summed E-state index contributed by atoms with van der Waals surface area (Å²) in [7, 11) is 0. The van der Waals surface area contributed by atoms with Crippen LogP contribution in [0.2, 0.25) is 0 Å². The third-order valence-corrected chi connectivity index (χ3v) is 3.68. The normalized spacial score (nSPS) is 12.5. The van der Waals surface area contributed by atoms with Gasteiger partial charge in [0.05, 0.1) is 0 Å². The summed E-state index contributed by atoms with van der Waals surface area (Å²) in [5.41, 5.74) is 0. The fraction of sp³-hybridized carbons (Fsp3) is 0.789. The van der Waals surface area contributed by atoms with E-state index in [1.165, 1.54) is 6.92 Å². The molecule has 0 N–H and O–H groups in total. The van der Waals surface area contributed by atoms with Crippen LogP contribution in [0.25, 0.3) is 0 Å². The van der Waals surface area contributed by atoms with E-state index < -0.39 is 0 Å². The number of ether oxygens (including phenoxy) is 1. The van der Waals surface area contributed by atoms with Gasteiger partial charge in [0.25, 0.3) is 0 Å². The smallest absolute Gasteiger partial charge is 0.302 e. The Labute approximate surface area is 136 Å². The molecule has 3 nitrogen and oxygen atoms in total. The molecule has 1 atom stereocenters. The lowest BCUT2D eigenvalue weighted by Crippen LogP contribution is -2.16. The summed E-state index contributed by atoms with van der Waals surface area (Å²) in [4.78, 5) is 21.9. The van der Waals surface area contributed by atoms with Gasteiger partial charge in [0, 0.05) is 13.3 Å². The highest BCUT2D eigenvalue weighted by molar-refractivity contribution is 5.75. The Bertz CT molecular complexity index is 321. The Kier molecular flexibility index (Phi) is 14.0. The third kappa shape index (κ3) is 15.3. The van der Waals surface area contributed by atoms with Crippen molar-refractivity contribution in [2.24, 2.45) is 0 Å². The maximum atomic E-state index is 11.1. The van der Waals surface area contributed by atoms with E-state index >= 15 is 0 Å². The van der Waals surface area contributed by atoms with E-state index in [9.17, 15) is 9.59 Å². The lowest BCUT2D eigenvalue weighted by atomic mass is 10.1. The zero-order chi connectivity index (χ0) is 16.6. The molecule has 0 aliphatic carbocycles. The van der Waals surface area contributed by atoms with Gasteiger partial charge < -0.3 is 9.53 Å². The standard InChI is InChI=1S/C19H34O3/c1-4-5-15-19(22-18(3)21)16-13-11-9-7-6-8-10-12-14-17(2)20/h7,9,19H,4-6,8,10-16H2,1-3H3. The van der Waals surface area contributed by atoms with Gasteiger partial charge in [-0.15, -0.1) is 0 Å².